The van der Waals surface area contributed by atoms with E-state index in [1.807, 2.05) is 37.3 Å². The van der Waals surface area contributed by atoms with Crippen LogP contribution in [-0.4, -0.2) is 23.9 Å². The van der Waals surface area contributed by atoms with Crippen molar-refractivity contribution in [1.29, 1.82) is 0 Å². The lowest BCUT2D eigenvalue weighted by atomic mass is 10.1. The molecule has 0 fully saturated rings. The quantitative estimate of drug-likeness (QED) is 0.760. The Hall–Kier alpha value is -1.61. The summed E-state index contributed by atoms with van der Waals surface area (Å²) in [5.74, 6) is -0.0603. The second kappa shape index (κ2) is 6.86. The number of carbonyl (C=O) groups excluding carboxylic acids is 1. The van der Waals surface area contributed by atoms with Gasteiger partial charge in [-0.15, -0.1) is 6.58 Å². The van der Waals surface area contributed by atoms with Crippen molar-refractivity contribution in [3.63, 3.8) is 0 Å². The van der Waals surface area contributed by atoms with Gasteiger partial charge in [0, 0.05) is 25.6 Å². The van der Waals surface area contributed by atoms with Crippen molar-refractivity contribution in [3.8, 4) is 0 Å². The molecule has 1 amide bonds. The lowest BCUT2D eigenvalue weighted by Gasteiger charge is -2.24. The number of nitrogens with zero attached hydrogens (tertiary/aromatic N) is 1. The van der Waals surface area contributed by atoms with E-state index in [1.54, 1.807) is 11.0 Å². The van der Waals surface area contributed by atoms with Gasteiger partial charge in [-0.3, -0.25) is 4.79 Å². The Labute approximate surface area is 103 Å². The molecule has 0 radical (unpaired) electrons. The van der Waals surface area contributed by atoms with Crippen LogP contribution in [0.25, 0.3) is 0 Å². The smallest absolute Gasteiger partial charge is 0.227 e. The third-order valence-corrected chi connectivity index (χ3v) is 2.65. The normalized spacial score (nSPS) is 11.9. The first-order chi connectivity index (χ1) is 8.19. The first-order valence-electron chi connectivity index (χ1n) is 5.82. The third-order valence-electron chi connectivity index (χ3n) is 2.65. The molecule has 0 aliphatic heterocycles. The van der Waals surface area contributed by atoms with E-state index < -0.39 is 0 Å². The van der Waals surface area contributed by atoms with Gasteiger partial charge in [-0.2, -0.15) is 0 Å². The Morgan fingerprint density at radius 1 is 1.47 bits per heavy atom. The van der Waals surface area contributed by atoms with E-state index in [2.05, 4.69) is 6.58 Å². The van der Waals surface area contributed by atoms with Crippen LogP contribution in [0.4, 0.5) is 0 Å². The van der Waals surface area contributed by atoms with Crippen molar-refractivity contribution in [3.05, 3.63) is 48.6 Å². The highest BCUT2D eigenvalue weighted by Gasteiger charge is 2.18. The molecule has 0 aromatic heterocycles. The van der Waals surface area contributed by atoms with Crippen LogP contribution in [0.3, 0.4) is 0 Å². The van der Waals surface area contributed by atoms with Crippen LogP contribution in [0.5, 0.6) is 0 Å². The summed E-state index contributed by atoms with van der Waals surface area (Å²) < 4.78 is 0. The molecule has 1 rings (SSSR count). The van der Waals surface area contributed by atoms with Crippen LogP contribution in [0.1, 0.15) is 12.5 Å². The summed E-state index contributed by atoms with van der Waals surface area (Å²) in [4.78, 5) is 13.8. The average molecular weight is 232 g/mol. The second-order valence-corrected chi connectivity index (χ2v) is 4.13. The van der Waals surface area contributed by atoms with Gasteiger partial charge in [0.1, 0.15) is 0 Å². The lowest BCUT2D eigenvalue weighted by Crippen LogP contribution is -2.37. The standard InChI is InChI=1S/C14H20N2O/c1-3-9-16(14(17)12(2)10-15)11-13-7-5-4-6-8-13/h3-8,12H,1,9-11,15H2,2H3. The lowest BCUT2D eigenvalue weighted by molar-refractivity contribution is -0.134. The zero-order valence-electron chi connectivity index (χ0n) is 10.3. The molecule has 0 spiro atoms. The van der Waals surface area contributed by atoms with Crippen LogP contribution in [0, 0.1) is 5.92 Å². The van der Waals surface area contributed by atoms with Crippen molar-refractivity contribution in [1.82, 2.24) is 4.90 Å². The predicted octanol–water partition coefficient (Wildman–Crippen LogP) is 1.80. The SMILES string of the molecule is C=CCN(Cc1ccccc1)C(=O)C(C)CN. The van der Waals surface area contributed by atoms with Gasteiger partial charge in [0.05, 0.1) is 0 Å². The van der Waals surface area contributed by atoms with Crippen LogP contribution < -0.4 is 5.73 Å². The van der Waals surface area contributed by atoms with E-state index in [1.165, 1.54) is 0 Å². The van der Waals surface area contributed by atoms with Crippen molar-refractivity contribution >= 4 is 5.91 Å². The first kappa shape index (κ1) is 13.5. The molecule has 0 aliphatic rings. The summed E-state index contributed by atoms with van der Waals surface area (Å²) in [6.45, 7) is 7.07. The molecular formula is C14H20N2O. The second-order valence-electron chi connectivity index (χ2n) is 4.13. The van der Waals surface area contributed by atoms with Gasteiger partial charge in [0.25, 0.3) is 0 Å². The number of hydrogen-bond donors (Lipinski definition) is 1. The number of nitrogens with two attached hydrogens (primary N) is 1. The first-order valence-corrected chi connectivity index (χ1v) is 5.82. The molecule has 1 aromatic carbocycles. The van der Waals surface area contributed by atoms with Gasteiger partial charge in [-0.25, -0.2) is 0 Å². The highest BCUT2D eigenvalue weighted by Crippen LogP contribution is 2.08. The Balaban J connectivity index is 2.72. The molecule has 2 N–H and O–H groups in total. The zero-order valence-corrected chi connectivity index (χ0v) is 10.3. The fourth-order valence-corrected chi connectivity index (χ4v) is 1.60. The Kier molecular flexibility index (Phi) is 5.43. The average Bonchev–Trinajstić information content (AvgIpc) is 2.37. The third kappa shape index (κ3) is 4.04. The maximum atomic E-state index is 12.1. The van der Waals surface area contributed by atoms with Gasteiger partial charge in [0.2, 0.25) is 5.91 Å². The van der Waals surface area contributed by atoms with E-state index in [0.29, 0.717) is 19.6 Å². The largest absolute Gasteiger partial charge is 0.334 e. The van der Waals surface area contributed by atoms with E-state index in [0.717, 1.165) is 5.56 Å². The Morgan fingerprint density at radius 2 is 2.12 bits per heavy atom. The van der Waals surface area contributed by atoms with Crippen LogP contribution in [0.15, 0.2) is 43.0 Å². The summed E-state index contributed by atoms with van der Waals surface area (Å²) in [6, 6.07) is 9.93. The van der Waals surface area contributed by atoms with Gasteiger partial charge >= 0.3 is 0 Å². The highest BCUT2D eigenvalue weighted by atomic mass is 16.2. The van der Waals surface area contributed by atoms with Crippen LogP contribution >= 0.6 is 0 Å². The molecule has 1 aromatic rings. The van der Waals surface area contributed by atoms with Crippen LogP contribution in [0.2, 0.25) is 0 Å². The van der Waals surface area contributed by atoms with E-state index in [-0.39, 0.29) is 11.8 Å². The number of rotatable bonds is 6. The minimum atomic E-state index is -0.140. The molecule has 0 saturated carbocycles. The van der Waals surface area contributed by atoms with Gasteiger partial charge in [-0.05, 0) is 5.56 Å². The minimum Gasteiger partial charge on any atom is -0.334 e. The highest BCUT2D eigenvalue weighted by molar-refractivity contribution is 5.78. The van der Waals surface area contributed by atoms with E-state index in [4.69, 9.17) is 5.73 Å². The molecular weight excluding hydrogens is 212 g/mol. The number of carbonyl (C=O) groups is 1. The number of amides is 1. The van der Waals surface area contributed by atoms with Crippen LogP contribution in [-0.2, 0) is 11.3 Å². The van der Waals surface area contributed by atoms with Gasteiger partial charge < -0.3 is 10.6 Å². The van der Waals surface area contributed by atoms with Crippen molar-refractivity contribution in [2.75, 3.05) is 13.1 Å². The fraction of sp³-hybridized carbons (Fsp3) is 0.357. The zero-order chi connectivity index (χ0) is 12.7. The van der Waals surface area contributed by atoms with Crippen molar-refractivity contribution in [2.45, 2.75) is 13.5 Å². The maximum absolute atomic E-state index is 12.1. The number of benzene rings is 1. The Morgan fingerprint density at radius 3 is 2.65 bits per heavy atom. The molecule has 0 saturated heterocycles. The monoisotopic (exact) mass is 232 g/mol. The summed E-state index contributed by atoms with van der Waals surface area (Å²) >= 11 is 0. The molecule has 92 valence electrons. The van der Waals surface area contributed by atoms with Crippen molar-refractivity contribution in [2.24, 2.45) is 11.7 Å². The molecule has 17 heavy (non-hydrogen) atoms. The van der Waals surface area contributed by atoms with Gasteiger partial charge in [-0.1, -0.05) is 43.3 Å². The van der Waals surface area contributed by atoms with Crippen molar-refractivity contribution < 1.29 is 4.79 Å². The molecule has 1 unspecified atom stereocenters. The minimum absolute atomic E-state index is 0.0799. The predicted molar refractivity (Wildman–Crippen MR) is 70.3 cm³/mol. The summed E-state index contributed by atoms with van der Waals surface area (Å²) in [7, 11) is 0. The maximum Gasteiger partial charge on any atom is 0.227 e. The summed E-state index contributed by atoms with van der Waals surface area (Å²) in [5, 5.41) is 0. The molecule has 3 nitrogen and oxygen atoms in total. The number of hydrogen-bond acceptors (Lipinski definition) is 2. The fourth-order valence-electron chi connectivity index (χ4n) is 1.60. The van der Waals surface area contributed by atoms with Gasteiger partial charge in [0.15, 0.2) is 0 Å². The summed E-state index contributed by atoms with van der Waals surface area (Å²) in [5.41, 5.74) is 6.64. The molecule has 3 heteroatoms. The molecule has 0 aliphatic carbocycles. The summed E-state index contributed by atoms with van der Waals surface area (Å²) in [6.07, 6.45) is 1.74. The molecule has 0 bridgehead atoms. The van der Waals surface area contributed by atoms with E-state index in [9.17, 15) is 4.79 Å². The molecule has 1 atom stereocenters. The Bertz CT molecular complexity index is 362. The molecule has 0 heterocycles. The topological polar surface area (TPSA) is 46.3 Å². The van der Waals surface area contributed by atoms with E-state index >= 15 is 0 Å².